The Morgan fingerprint density at radius 1 is 1.12 bits per heavy atom. The van der Waals surface area contributed by atoms with E-state index in [1.54, 1.807) is 18.2 Å². The largest absolute Gasteiger partial charge is 0.350 e. The van der Waals surface area contributed by atoms with Gasteiger partial charge >= 0.3 is 0 Å². The molecule has 2 aromatic rings. The minimum absolute atomic E-state index is 0.0693. The van der Waals surface area contributed by atoms with Crippen LogP contribution in [0.2, 0.25) is 5.02 Å². The van der Waals surface area contributed by atoms with Gasteiger partial charge in [-0.1, -0.05) is 30.7 Å². The van der Waals surface area contributed by atoms with E-state index in [0.29, 0.717) is 22.7 Å². The van der Waals surface area contributed by atoms with E-state index in [-0.39, 0.29) is 17.9 Å². The summed E-state index contributed by atoms with van der Waals surface area (Å²) >= 11 is 5.83. The maximum absolute atomic E-state index is 12.2. The normalized spacial score (nSPS) is 11.6. The summed E-state index contributed by atoms with van der Waals surface area (Å²) in [5.74, 6) is -0.514. The highest BCUT2D eigenvalue weighted by atomic mass is 35.5. The van der Waals surface area contributed by atoms with Gasteiger partial charge in [-0.25, -0.2) is 0 Å². The van der Waals surface area contributed by atoms with Crippen LogP contribution in [0.15, 0.2) is 42.7 Å². The number of rotatable bonds is 6. The number of carbonyl (C=O) groups excluding carboxylic acids is 2. The second-order valence-corrected chi connectivity index (χ2v) is 5.99. The van der Waals surface area contributed by atoms with Gasteiger partial charge in [0.05, 0.1) is 11.1 Å². The second kappa shape index (κ2) is 8.45. The molecule has 0 spiro atoms. The molecule has 2 amide bonds. The molecule has 126 valence electrons. The van der Waals surface area contributed by atoms with Crippen LogP contribution in [0, 0.1) is 0 Å². The predicted molar refractivity (Wildman–Crippen MR) is 94.1 cm³/mol. The van der Waals surface area contributed by atoms with Gasteiger partial charge in [0.2, 0.25) is 0 Å². The van der Waals surface area contributed by atoms with Crippen molar-refractivity contribution in [2.45, 2.75) is 32.9 Å². The number of aromatic nitrogens is 1. The Labute approximate surface area is 146 Å². The van der Waals surface area contributed by atoms with Crippen LogP contribution in [0.25, 0.3) is 0 Å². The highest BCUT2D eigenvalue weighted by Crippen LogP contribution is 2.10. The van der Waals surface area contributed by atoms with E-state index in [4.69, 9.17) is 11.6 Å². The number of carbonyl (C=O) groups is 2. The van der Waals surface area contributed by atoms with Crippen LogP contribution in [0.3, 0.4) is 0 Å². The van der Waals surface area contributed by atoms with Crippen molar-refractivity contribution >= 4 is 23.4 Å². The smallest absolute Gasteiger partial charge is 0.253 e. The molecule has 2 N–H and O–H groups in total. The van der Waals surface area contributed by atoms with Crippen molar-refractivity contribution < 1.29 is 9.59 Å². The van der Waals surface area contributed by atoms with Gasteiger partial charge in [-0.15, -0.1) is 0 Å². The molecule has 0 saturated carbocycles. The van der Waals surface area contributed by atoms with Crippen LogP contribution in [0.4, 0.5) is 0 Å². The summed E-state index contributed by atoms with van der Waals surface area (Å²) in [5.41, 5.74) is 1.65. The van der Waals surface area contributed by atoms with Crippen LogP contribution < -0.4 is 10.6 Å². The number of halogens is 1. The third kappa shape index (κ3) is 5.06. The van der Waals surface area contributed by atoms with Gasteiger partial charge in [-0.05, 0) is 37.1 Å². The molecule has 5 nitrogen and oxygen atoms in total. The standard InChI is InChI=1S/C18H20ClN3O2/c1-3-12(2)22-18(24)15-8-14(10-20-11-15)17(23)21-9-13-4-6-16(19)7-5-13/h4-8,10-12H,3,9H2,1-2H3,(H,21,23)(H,22,24). The van der Waals surface area contributed by atoms with Crippen molar-refractivity contribution in [2.75, 3.05) is 0 Å². The molecule has 1 atom stereocenters. The molecule has 0 aliphatic heterocycles. The summed E-state index contributed by atoms with van der Waals surface area (Å²) < 4.78 is 0. The van der Waals surface area contributed by atoms with Crippen LogP contribution in [-0.2, 0) is 6.54 Å². The first kappa shape index (κ1) is 17.9. The molecule has 24 heavy (non-hydrogen) atoms. The maximum Gasteiger partial charge on any atom is 0.253 e. The number of hydrogen-bond acceptors (Lipinski definition) is 3. The Hall–Kier alpha value is -2.40. The van der Waals surface area contributed by atoms with Gasteiger partial charge in [0.25, 0.3) is 11.8 Å². The summed E-state index contributed by atoms with van der Waals surface area (Å²) in [7, 11) is 0. The lowest BCUT2D eigenvalue weighted by atomic mass is 10.1. The highest BCUT2D eigenvalue weighted by molar-refractivity contribution is 6.30. The third-order valence-corrected chi connectivity index (χ3v) is 3.87. The number of benzene rings is 1. The third-order valence-electron chi connectivity index (χ3n) is 3.62. The number of nitrogens with one attached hydrogen (secondary N) is 2. The summed E-state index contributed by atoms with van der Waals surface area (Å²) in [6.07, 6.45) is 3.73. The van der Waals surface area contributed by atoms with E-state index in [0.717, 1.165) is 12.0 Å². The fraction of sp³-hybridized carbons (Fsp3) is 0.278. The van der Waals surface area contributed by atoms with E-state index in [9.17, 15) is 9.59 Å². The zero-order valence-corrected chi connectivity index (χ0v) is 14.4. The molecular weight excluding hydrogens is 326 g/mol. The second-order valence-electron chi connectivity index (χ2n) is 5.55. The van der Waals surface area contributed by atoms with Gasteiger partial charge in [0.1, 0.15) is 0 Å². The summed E-state index contributed by atoms with van der Waals surface area (Å²) in [6, 6.07) is 8.84. The van der Waals surface area contributed by atoms with Gasteiger partial charge in [0.15, 0.2) is 0 Å². The first-order chi connectivity index (χ1) is 11.5. The van der Waals surface area contributed by atoms with Crippen LogP contribution in [-0.4, -0.2) is 22.8 Å². The van der Waals surface area contributed by atoms with Crippen molar-refractivity contribution in [3.63, 3.8) is 0 Å². The number of hydrogen-bond donors (Lipinski definition) is 2. The first-order valence-corrected chi connectivity index (χ1v) is 8.16. The summed E-state index contributed by atoms with van der Waals surface area (Å²) in [5, 5.41) is 6.30. The average molecular weight is 346 g/mol. The zero-order valence-electron chi connectivity index (χ0n) is 13.7. The van der Waals surface area contributed by atoms with Crippen molar-refractivity contribution in [2.24, 2.45) is 0 Å². The fourth-order valence-corrected chi connectivity index (χ4v) is 2.11. The quantitative estimate of drug-likeness (QED) is 0.844. The van der Waals surface area contributed by atoms with E-state index in [1.165, 1.54) is 12.4 Å². The van der Waals surface area contributed by atoms with Crippen LogP contribution in [0.1, 0.15) is 46.5 Å². The minimum atomic E-state index is -0.282. The molecular formula is C18H20ClN3O2. The Morgan fingerprint density at radius 2 is 1.75 bits per heavy atom. The molecule has 1 unspecified atom stereocenters. The molecule has 2 rings (SSSR count). The van der Waals surface area contributed by atoms with Crippen LogP contribution in [0.5, 0.6) is 0 Å². The summed E-state index contributed by atoms with van der Waals surface area (Å²) in [6.45, 7) is 4.29. The Balaban J connectivity index is 2.00. The van der Waals surface area contributed by atoms with E-state index in [2.05, 4.69) is 15.6 Å². The lowest BCUT2D eigenvalue weighted by molar-refractivity contribution is 0.0939. The Morgan fingerprint density at radius 3 is 2.38 bits per heavy atom. The maximum atomic E-state index is 12.2. The van der Waals surface area contributed by atoms with Gasteiger partial charge in [-0.3, -0.25) is 14.6 Å². The molecule has 6 heteroatoms. The van der Waals surface area contributed by atoms with Gasteiger partial charge in [-0.2, -0.15) is 0 Å². The molecule has 0 saturated heterocycles. The lowest BCUT2D eigenvalue weighted by Gasteiger charge is -2.11. The van der Waals surface area contributed by atoms with Crippen molar-refractivity contribution in [1.29, 1.82) is 0 Å². The molecule has 1 heterocycles. The van der Waals surface area contributed by atoms with Gasteiger partial charge in [0, 0.05) is 30.0 Å². The topological polar surface area (TPSA) is 71.1 Å². The van der Waals surface area contributed by atoms with E-state index in [1.807, 2.05) is 26.0 Å². The Bertz CT molecular complexity index is 716. The Kier molecular flexibility index (Phi) is 6.32. The number of pyridine rings is 1. The predicted octanol–water partition coefficient (Wildman–Crippen LogP) is 3.19. The molecule has 0 bridgehead atoms. The van der Waals surface area contributed by atoms with Crippen molar-refractivity contribution in [3.8, 4) is 0 Å². The SMILES string of the molecule is CCC(C)NC(=O)c1cncc(C(=O)NCc2ccc(Cl)cc2)c1. The lowest BCUT2D eigenvalue weighted by Crippen LogP contribution is -2.32. The van der Waals surface area contributed by atoms with E-state index >= 15 is 0 Å². The molecule has 0 aliphatic rings. The minimum Gasteiger partial charge on any atom is -0.350 e. The first-order valence-electron chi connectivity index (χ1n) is 7.78. The van der Waals surface area contributed by atoms with Crippen molar-refractivity contribution in [3.05, 3.63) is 64.4 Å². The fourth-order valence-electron chi connectivity index (χ4n) is 1.98. The highest BCUT2D eigenvalue weighted by Gasteiger charge is 2.12. The number of nitrogens with zero attached hydrogens (tertiary/aromatic N) is 1. The number of amides is 2. The zero-order chi connectivity index (χ0) is 17.5. The van der Waals surface area contributed by atoms with Gasteiger partial charge < -0.3 is 10.6 Å². The van der Waals surface area contributed by atoms with Crippen LogP contribution >= 0.6 is 11.6 Å². The molecule has 1 aromatic heterocycles. The molecule has 1 aromatic carbocycles. The molecule has 0 fully saturated rings. The van der Waals surface area contributed by atoms with E-state index < -0.39 is 0 Å². The van der Waals surface area contributed by atoms with Crippen molar-refractivity contribution in [1.82, 2.24) is 15.6 Å². The summed E-state index contributed by atoms with van der Waals surface area (Å²) in [4.78, 5) is 28.3. The molecule has 0 aliphatic carbocycles. The molecule has 0 radical (unpaired) electrons. The monoisotopic (exact) mass is 345 g/mol. The average Bonchev–Trinajstić information content (AvgIpc) is 2.60.